The first kappa shape index (κ1) is 24.1. The van der Waals surface area contributed by atoms with E-state index in [1.54, 1.807) is 50.2 Å². The van der Waals surface area contributed by atoms with Gasteiger partial charge in [0.15, 0.2) is 5.78 Å². The van der Waals surface area contributed by atoms with Crippen LogP contribution in [0.4, 0.5) is 4.39 Å². The standard InChI is InChI=1S/C26H33FN2O3/c1-15(2)18-12-13-19(21(22(18)27)17-9-6-5-7-10-17)23(25(31)24(30)16(3)4)29-26(32)20-11-8-14-28-20/h5-7,9-10,12-13,15-16,20,23-24,28,30H,8,11,14H2,1-4H3,(H,29,32). The average Bonchev–Trinajstić information content (AvgIpc) is 3.31. The van der Waals surface area contributed by atoms with Crippen molar-refractivity contribution in [1.82, 2.24) is 10.6 Å². The van der Waals surface area contributed by atoms with E-state index in [0.29, 0.717) is 23.1 Å². The number of carbonyl (C=O) groups excluding carboxylic acids is 2. The number of rotatable bonds is 8. The molecule has 0 aliphatic carbocycles. The number of ketones is 1. The normalized spacial score (nSPS) is 18.1. The molecule has 1 fully saturated rings. The van der Waals surface area contributed by atoms with Crippen molar-refractivity contribution in [2.24, 2.45) is 5.92 Å². The van der Waals surface area contributed by atoms with Crippen LogP contribution in [0.25, 0.3) is 11.1 Å². The van der Waals surface area contributed by atoms with Crippen molar-refractivity contribution < 1.29 is 19.1 Å². The van der Waals surface area contributed by atoms with E-state index in [-0.39, 0.29) is 23.3 Å². The van der Waals surface area contributed by atoms with E-state index in [1.807, 2.05) is 19.9 Å². The number of nitrogens with one attached hydrogen (secondary N) is 2. The molecule has 2 aromatic carbocycles. The Hall–Kier alpha value is -2.57. The summed E-state index contributed by atoms with van der Waals surface area (Å²) in [6, 6.07) is 10.8. The van der Waals surface area contributed by atoms with E-state index in [9.17, 15) is 14.7 Å². The fourth-order valence-corrected chi connectivity index (χ4v) is 4.14. The second-order valence-electron chi connectivity index (χ2n) is 9.14. The van der Waals surface area contributed by atoms with Gasteiger partial charge < -0.3 is 15.7 Å². The molecule has 5 nitrogen and oxygen atoms in total. The zero-order valence-electron chi connectivity index (χ0n) is 19.2. The summed E-state index contributed by atoms with van der Waals surface area (Å²) < 4.78 is 15.8. The minimum atomic E-state index is -1.28. The number of benzene rings is 2. The summed E-state index contributed by atoms with van der Waals surface area (Å²) in [7, 11) is 0. The Bertz CT molecular complexity index is 953. The van der Waals surface area contributed by atoms with Gasteiger partial charge in [0.2, 0.25) is 5.91 Å². The molecule has 3 unspecified atom stereocenters. The van der Waals surface area contributed by atoms with Gasteiger partial charge in [0.05, 0.1) is 6.04 Å². The monoisotopic (exact) mass is 440 g/mol. The highest BCUT2D eigenvalue weighted by atomic mass is 19.1. The maximum atomic E-state index is 15.8. The molecule has 0 radical (unpaired) electrons. The van der Waals surface area contributed by atoms with Gasteiger partial charge in [-0.15, -0.1) is 0 Å². The smallest absolute Gasteiger partial charge is 0.237 e. The van der Waals surface area contributed by atoms with Crippen LogP contribution >= 0.6 is 0 Å². The molecule has 0 saturated carbocycles. The summed E-state index contributed by atoms with van der Waals surface area (Å²) >= 11 is 0. The SMILES string of the molecule is CC(C)c1ccc(C(NC(=O)C2CCCN2)C(=O)C(O)C(C)C)c(-c2ccccc2)c1F. The van der Waals surface area contributed by atoms with Crippen molar-refractivity contribution >= 4 is 11.7 Å². The molecule has 3 atom stereocenters. The number of amides is 1. The van der Waals surface area contributed by atoms with Crippen molar-refractivity contribution in [3.8, 4) is 11.1 Å². The summed E-state index contributed by atoms with van der Waals surface area (Å²) in [4.78, 5) is 26.3. The number of halogens is 1. The Kier molecular flexibility index (Phi) is 7.80. The Morgan fingerprint density at radius 3 is 2.28 bits per heavy atom. The van der Waals surface area contributed by atoms with E-state index in [1.165, 1.54) is 0 Å². The third-order valence-electron chi connectivity index (χ3n) is 6.07. The molecular formula is C26H33FN2O3. The van der Waals surface area contributed by atoms with Crippen LogP contribution in [0.1, 0.15) is 63.6 Å². The first-order valence-corrected chi connectivity index (χ1v) is 11.4. The Morgan fingerprint density at radius 2 is 1.72 bits per heavy atom. The van der Waals surface area contributed by atoms with Crippen molar-refractivity contribution in [2.75, 3.05) is 6.54 Å². The number of carbonyl (C=O) groups is 2. The van der Waals surface area contributed by atoms with E-state index in [0.717, 1.165) is 13.0 Å². The fourth-order valence-electron chi connectivity index (χ4n) is 4.14. The Labute approximate surface area is 189 Å². The quantitative estimate of drug-likeness (QED) is 0.577. The van der Waals surface area contributed by atoms with Gasteiger partial charge in [-0.3, -0.25) is 9.59 Å². The van der Waals surface area contributed by atoms with Gasteiger partial charge in [-0.1, -0.05) is 70.2 Å². The molecule has 1 heterocycles. The van der Waals surface area contributed by atoms with Crippen LogP contribution in [0.5, 0.6) is 0 Å². The molecule has 0 aromatic heterocycles. The third-order valence-corrected chi connectivity index (χ3v) is 6.07. The lowest BCUT2D eigenvalue weighted by atomic mass is 9.85. The van der Waals surface area contributed by atoms with Crippen LogP contribution in [0.15, 0.2) is 42.5 Å². The number of aliphatic hydroxyl groups excluding tert-OH is 1. The topological polar surface area (TPSA) is 78.4 Å². The van der Waals surface area contributed by atoms with E-state index in [2.05, 4.69) is 10.6 Å². The molecule has 1 aliphatic rings. The summed E-state index contributed by atoms with van der Waals surface area (Å²) in [5.74, 6) is -1.66. The van der Waals surface area contributed by atoms with Crippen LogP contribution in [0.2, 0.25) is 0 Å². The predicted molar refractivity (Wildman–Crippen MR) is 124 cm³/mol. The highest BCUT2D eigenvalue weighted by Crippen LogP contribution is 2.36. The molecule has 0 bridgehead atoms. The predicted octanol–water partition coefficient (Wildman–Crippen LogP) is 4.11. The van der Waals surface area contributed by atoms with Gasteiger partial charge in [-0.25, -0.2) is 4.39 Å². The zero-order chi connectivity index (χ0) is 23.4. The molecule has 172 valence electrons. The lowest BCUT2D eigenvalue weighted by Crippen LogP contribution is -2.47. The van der Waals surface area contributed by atoms with E-state index >= 15 is 4.39 Å². The molecule has 2 aromatic rings. The van der Waals surface area contributed by atoms with Gasteiger partial charge >= 0.3 is 0 Å². The molecule has 1 saturated heterocycles. The van der Waals surface area contributed by atoms with Crippen LogP contribution < -0.4 is 10.6 Å². The van der Waals surface area contributed by atoms with Gasteiger partial charge in [-0.2, -0.15) is 0 Å². The highest BCUT2D eigenvalue weighted by molar-refractivity contribution is 5.95. The molecule has 1 aliphatic heterocycles. The van der Waals surface area contributed by atoms with E-state index < -0.39 is 29.8 Å². The average molecular weight is 441 g/mol. The maximum absolute atomic E-state index is 15.8. The summed E-state index contributed by atoms with van der Waals surface area (Å²) in [6.07, 6.45) is 0.262. The first-order valence-electron chi connectivity index (χ1n) is 11.4. The number of hydrogen-bond acceptors (Lipinski definition) is 4. The maximum Gasteiger partial charge on any atom is 0.237 e. The number of hydrogen-bond donors (Lipinski definition) is 3. The second-order valence-corrected chi connectivity index (χ2v) is 9.14. The van der Waals surface area contributed by atoms with Crippen molar-refractivity contribution in [3.05, 3.63) is 59.4 Å². The fraction of sp³-hybridized carbons (Fsp3) is 0.462. The molecule has 0 spiro atoms. The third kappa shape index (κ3) is 5.08. The van der Waals surface area contributed by atoms with Gasteiger partial charge in [-0.05, 0) is 47.9 Å². The van der Waals surface area contributed by atoms with E-state index in [4.69, 9.17) is 0 Å². The molecular weight excluding hydrogens is 407 g/mol. The van der Waals surface area contributed by atoms with Gasteiger partial charge in [0.1, 0.15) is 18.0 Å². The minimum absolute atomic E-state index is 0.0563. The van der Waals surface area contributed by atoms with Gasteiger partial charge in [0.25, 0.3) is 0 Å². The zero-order valence-corrected chi connectivity index (χ0v) is 19.2. The largest absolute Gasteiger partial charge is 0.385 e. The highest BCUT2D eigenvalue weighted by Gasteiger charge is 2.35. The number of aliphatic hydroxyl groups is 1. The second kappa shape index (κ2) is 10.4. The lowest BCUT2D eigenvalue weighted by molar-refractivity contribution is -0.135. The summed E-state index contributed by atoms with van der Waals surface area (Å²) in [5.41, 5.74) is 1.79. The minimum Gasteiger partial charge on any atom is -0.385 e. The lowest BCUT2D eigenvalue weighted by Gasteiger charge is -2.27. The van der Waals surface area contributed by atoms with Crippen LogP contribution in [0, 0.1) is 11.7 Å². The molecule has 3 N–H and O–H groups in total. The van der Waals surface area contributed by atoms with Crippen molar-refractivity contribution in [2.45, 2.75) is 64.6 Å². The van der Waals surface area contributed by atoms with Gasteiger partial charge in [0, 0.05) is 5.56 Å². The number of Topliss-reactive ketones (excluding diaryl/α,β-unsaturated/α-hetero) is 1. The Balaban J connectivity index is 2.15. The van der Waals surface area contributed by atoms with Crippen LogP contribution in [-0.4, -0.2) is 35.5 Å². The van der Waals surface area contributed by atoms with Crippen molar-refractivity contribution in [1.29, 1.82) is 0 Å². The molecule has 3 rings (SSSR count). The molecule has 6 heteroatoms. The summed E-state index contributed by atoms with van der Waals surface area (Å²) in [6.45, 7) is 8.02. The Morgan fingerprint density at radius 1 is 1.06 bits per heavy atom. The first-order chi connectivity index (χ1) is 15.2. The van der Waals surface area contributed by atoms with Crippen molar-refractivity contribution in [3.63, 3.8) is 0 Å². The van der Waals surface area contributed by atoms with Crippen LogP contribution in [0.3, 0.4) is 0 Å². The molecule has 32 heavy (non-hydrogen) atoms. The van der Waals surface area contributed by atoms with Crippen LogP contribution in [-0.2, 0) is 9.59 Å². The molecule has 1 amide bonds. The summed E-state index contributed by atoms with van der Waals surface area (Å²) in [5, 5.41) is 16.5.